The maximum Gasteiger partial charge on any atom is 0.312 e. The number of ether oxygens (including phenoxy) is 1. The Balaban J connectivity index is 1.75. The van der Waals surface area contributed by atoms with E-state index in [-0.39, 0.29) is 23.8 Å². The number of aryl methyl sites for hydroxylation is 1. The van der Waals surface area contributed by atoms with Crippen molar-refractivity contribution in [1.29, 1.82) is 0 Å². The highest BCUT2D eigenvalue weighted by atomic mass is 32.1. The third-order valence-electron chi connectivity index (χ3n) is 3.74. The Morgan fingerprint density at radius 2 is 2.19 bits per heavy atom. The van der Waals surface area contributed by atoms with E-state index in [0.29, 0.717) is 17.4 Å². The first-order valence-corrected chi connectivity index (χ1v) is 8.72. The van der Waals surface area contributed by atoms with E-state index >= 15 is 0 Å². The van der Waals surface area contributed by atoms with Crippen molar-refractivity contribution in [3.05, 3.63) is 39.7 Å². The SMILES string of the molecule is CCOc1ccc2nc(NC(=O)Cn3nc(C)c([N+](=O)[O-])c3C)sc2c1. The molecule has 0 saturated carbocycles. The molecular weight excluding hydrogens is 358 g/mol. The Labute approximate surface area is 152 Å². The Morgan fingerprint density at radius 3 is 2.85 bits per heavy atom. The number of carbonyl (C=O) groups excluding carboxylic acids is 1. The average molecular weight is 375 g/mol. The minimum atomic E-state index is -0.491. The van der Waals surface area contributed by atoms with E-state index in [9.17, 15) is 14.9 Å². The van der Waals surface area contributed by atoms with Gasteiger partial charge in [0.25, 0.3) is 0 Å². The maximum atomic E-state index is 12.3. The molecule has 0 fully saturated rings. The molecule has 10 heteroatoms. The molecule has 2 heterocycles. The van der Waals surface area contributed by atoms with Gasteiger partial charge in [-0.15, -0.1) is 0 Å². The van der Waals surface area contributed by atoms with Crippen LogP contribution in [0.15, 0.2) is 18.2 Å². The summed E-state index contributed by atoms with van der Waals surface area (Å²) in [5.74, 6) is 0.395. The first-order valence-electron chi connectivity index (χ1n) is 7.90. The fraction of sp³-hybridized carbons (Fsp3) is 0.312. The monoisotopic (exact) mass is 375 g/mol. The summed E-state index contributed by atoms with van der Waals surface area (Å²) in [7, 11) is 0. The number of nitro groups is 1. The van der Waals surface area contributed by atoms with Crippen LogP contribution < -0.4 is 10.1 Å². The largest absolute Gasteiger partial charge is 0.494 e. The predicted molar refractivity (Wildman–Crippen MR) is 97.8 cm³/mol. The lowest BCUT2D eigenvalue weighted by molar-refractivity contribution is -0.386. The van der Waals surface area contributed by atoms with Gasteiger partial charge in [-0.05, 0) is 39.0 Å². The van der Waals surface area contributed by atoms with Crippen LogP contribution in [-0.2, 0) is 11.3 Å². The van der Waals surface area contributed by atoms with Crippen molar-refractivity contribution >= 4 is 38.3 Å². The second-order valence-corrected chi connectivity index (χ2v) is 6.59. The molecule has 0 aliphatic carbocycles. The third kappa shape index (κ3) is 3.49. The summed E-state index contributed by atoms with van der Waals surface area (Å²) in [5, 5.41) is 18.3. The molecule has 0 bridgehead atoms. The molecule has 2 aromatic heterocycles. The van der Waals surface area contributed by atoms with Crippen molar-refractivity contribution in [2.75, 3.05) is 11.9 Å². The zero-order valence-electron chi connectivity index (χ0n) is 14.5. The molecule has 0 unspecified atom stereocenters. The molecule has 1 aromatic carbocycles. The van der Waals surface area contributed by atoms with Crippen molar-refractivity contribution in [1.82, 2.24) is 14.8 Å². The highest BCUT2D eigenvalue weighted by molar-refractivity contribution is 7.22. The van der Waals surface area contributed by atoms with E-state index in [2.05, 4.69) is 15.4 Å². The zero-order chi connectivity index (χ0) is 18.8. The molecule has 1 N–H and O–H groups in total. The number of aromatic nitrogens is 3. The topological polar surface area (TPSA) is 112 Å². The van der Waals surface area contributed by atoms with Gasteiger partial charge >= 0.3 is 5.69 Å². The molecule has 0 aliphatic heterocycles. The van der Waals surface area contributed by atoms with Crippen molar-refractivity contribution < 1.29 is 14.5 Å². The molecule has 0 aliphatic rings. The highest BCUT2D eigenvalue weighted by Crippen LogP contribution is 2.29. The fourth-order valence-electron chi connectivity index (χ4n) is 2.62. The summed E-state index contributed by atoms with van der Waals surface area (Å²) < 4.78 is 7.67. The second kappa shape index (κ2) is 7.08. The zero-order valence-corrected chi connectivity index (χ0v) is 15.3. The molecule has 0 radical (unpaired) electrons. The molecule has 3 aromatic rings. The first kappa shape index (κ1) is 17.8. The lowest BCUT2D eigenvalue weighted by Crippen LogP contribution is -2.20. The van der Waals surface area contributed by atoms with Crippen LogP contribution in [-0.4, -0.2) is 32.2 Å². The van der Waals surface area contributed by atoms with Gasteiger partial charge in [-0.1, -0.05) is 11.3 Å². The van der Waals surface area contributed by atoms with E-state index in [1.54, 1.807) is 13.8 Å². The van der Waals surface area contributed by atoms with Crippen LogP contribution in [0, 0.1) is 24.0 Å². The van der Waals surface area contributed by atoms with Crippen LogP contribution in [0.2, 0.25) is 0 Å². The molecule has 0 atom stereocenters. The number of rotatable bonds is 6. The van der Waals surface area contributed by atoms with Crippen LogP contribution in [0.3, 0.4) is 0 Å². The molecule has 0 saturated heterocycles. The predicted octanol–water partition coefficient (Wildman–Crippen LogP) is 3.06. The van der Waals surface area contributed by atoms with Crippen LogP contribution in [0.25, 0.3) is 10.2 Å². The Morgan fingerprint density at radius 1 is 1.42 bits per heavy atom. The number of carbonyl (C=O) groups is 1. The summed E-state index contributed by atoms with van der Waals surface area (Å²) in [6.07, 6.45) is 0. The number of thiazole rings is 1. The van der Waals surface area contributed by atoms with Gasteiger partial charge in [0.2, 0.25) is 5.91 Å². The summed E-state index contributed by atoms with van der Waals surface area (Å²) in [5.41, 5.74) is 1.31. The summed E-state index contributed by atoms with van der Waals surface area (Å²) in [4.78, 5) is 27.2. The highest BCUT2D eigenvalue weighted by Gasteiger charge is 2.23. The average Bonchev–Trinajstić information content (AvgIpc) is 3.07. The van der Waals surface area contributed by atoms with Gasteiger partial charge < -0.3 is 10.1 Å². The van der Waals surface area contributed by atoms with E-state index in [1.165, 1.54) is 16.0 Å². The fourth-order valence-corrected chi connectivity index (χ4v) is 3.53. The van der Waals surface area contributed by atoms with E-state index in [4.69, 9.17) is 4.74 Å². The van der Waals surface area contributed by atoms with Gasteiger partial charge in [-0.25, -0.2) is 4.98 Å². The Kier molecular flexibility index (Phi) is 4.85. The number of fused-ring (bicyclic) bond motifs is 1. The van der Waals surface area contributed by atoms with E-state index < -0.39 is 4.92 Å². The van der Waals surface area contributed by atoms with E-state index in [1.807, 2.05) is 25.1 Å². The van der Waals surface area contributed by atoms with Gasteiger partial charge in [0.15, 0.2) is 5.13 Å². The van der Waals surface area contributed by atoms with Crippen LogP contribution >= 0.6 is 11.3 Å². The quantitative estimate of drug-likeness (QED) is 0.523. The van der Waals surface area contributed by atoms with Gasteiger partial charge in [0, 0.05) is 0 Å². The second-order valence-electron chi connectivity index (χ2n) is 5.56. The summed E-state index contributed by atoms with van der Waals surface area (Å²) in [6, 6.07) is 5.53. The standard InChI is InChI=1S/C16H17N5O4S/c1-4-25-11-5-6-12-13(7-11)26-16(17-12)18-14(22)8-20-10(3)15(21(23)24)9(2)19-20/h5-7H,4,8H2,1-3H3,(H,17,18,22). The minimum Gasteiger partial charge on any atom is -0.494 e. The van der Waals surface area contributed by atoms with Gasteiger partial charge in [0.1, 0.15) is 23.7 Å². The minimum absolute atomic E-state index is 0.0683. The van der Waals surface area contributed by atoms with Crippen molar-refractivity contribution in [2.45, 2.75) is 27.3 Å². The molecule has 26 heavy (non-hydrogen) atoms. The van der Waals surface area contributed by atoms with Gasteiger partial charge in [-0.3, -0.25) is 19.6 Å². The number of hydrogen-bond acceptors (Lipinski definition) is 7. The van der Waals surface area contributed by atoms with Crippen LogP contribution in [0.1, 0.15) is 18.3 Å². The lowest BCUT2D eigenvalue weighted by Gasteiger charge is -2.03. The van der Waals surface area contributed by atoms with Gasteiger partial charge in [-0.2, -0.15) is 5.10 Å². The lowest BCUT2D eigenvalue weighted by atomic mass is 10.3. The molecule has 136 valence electrons. The number of hydrogen-bond donors (Lipinski definition) is 1. The van der Waals surface area contributed by atoms with Crippen molar-refractivity contribution in [3.8, 4) is 5.75 Å². The van der Waals surface area contributed by atoms with Gasteiger partial charge in [0.05, 0.1) is 21.7 Å². The molecule has 9 nitrogen and oxygen atoms in total. The smallest absolute Gasteiger partial charge is 0.312 e. The van der Waals surface area contributed by atoms with Crippen LogP contribution in [0.5, 0.6) is 5.75 Å². The van der Waals surface area contributed by atoms with Crippen LogP contribution in [0.4, 0.5) is 10.8 Å². The van der Waals surface area contributed by atoms with E-state index in [0.717, 1.165) is 16.0 Å². The molecule has 0 spiro atoms. The molecule has 3 rings (SSSR count). The number of amides is 1. The summed E-state index contributed by atoms with van der Waals surface area (Å²) in [6.45, 7) is 5.47. The molecule has 1 amide bonds. The number of nitrogens with one attached hydrogen (secondary N) is 1. The summed E-state index contributed by atoms with van der Waals surface area (Å²) >= 11 is 1.33. The van der Waals surface area contributed by atoms with Crippen molar-refractivity contribution in [2.24, 2.45) is 0 Å². The van der Waals surface area contributed by atoms with Crippen molar-refractivity contribution in [3.63, 3.8) is 0 Å². The number of benzene rings is 1. The third-order valence-corrected chi connectivity index (χ3v) is 4.67. The normalized spacial score (nSPS) is 10.9. The first-order chi connectivity index (χ1) is 12.4. The Bertz CT molecular complexity index is 994. The number of nitrogens with zero attached hydrogens (tertiary/aromatic N) is 4. The number of anilines is 1. The Hall–Kier alpha value is -3.01. The maximum absolute atomic E-state index is 12.3. The molecular formula is C16H17N5O4S.